The summed E-state index contributed by atoms with van der Waals surface area (Å²) in [6, 6.07) is 16.6. The highest BCUT2D eigenvalue weighted by Gasteiger charge is 2.14. The number of methoxy groups -OCH3 is 1. The summed E-state index contributed by atoms with van der Waals surface area (Å²) in [4.78, 5) is 5.24. The standard InChI is InChI=1S/C23H27N3OS/c1-16(17-11-13-18(14-12-17)23(2,3)4)25-26-20(15-28-22(26)24-5)19-9-7-8-10-21(19)27-6/h7-15H,1-6H3. The van der Waals surface area contributed by atoms with Crippen molar-refractivity contribution in [2.45, 2.75) is 33.1 Å². The first-order valence-electron chi connectivity index (χ1n) is 9.28. The molecule has 0 atom stereocenters. The Morgan fingerprint density at radius 1 is 1.04 bits per heavy atom. The molecule has 146 valence electrons. The second-order valence-electron chi connectivity index (χ2n) is 7.65. The molecule has 0 aliphatic rings. The van der Waals surface area contributed by atoms with Crippen LogP contribution in [0.4, 0.5) is 0 Å². The minimum absolute atomic E-state index is 0.136. The van der Waals surface area contributed by atoms with Crippen LogP contribution in [0.15, 0.2) is 64.0 Å². The first-order valence-corrected chi connectivity index (χ1v) is 10.2. The maximum absolute atomic E-state index is 5.54. The molecule has 0 aliphatic carbocycles. The van der Waals surface area contributed by atoms with Gasteiger partial charge in [0.1, 0.15) is 5.75 Å². The topological polar surface area (TPSA) is 38.9 Å². The zero-order valence-corrected chi connectivity index (χ0v) is 18.2. The molecular weight excluding hydrogens is 366 g/mol. The Bertz CT molecular complexity index is 1050. The van der Waals surface area contributed by atoms with Gasteiger partial charge in [-0.15, -0.1) is 11.3 Å². The number of ether oxygens (including phenoxy) is 1. The Hall–Kier alpha value is -2.66. The van der Waals surface area contributed by atoms with Gasteiger partial charge in [0.05, 0.1) is 18.5 Å². The fourth-order valence-corrected chi connectivity index (χ4v) is 3.80. The van der Waals surface area contributed by atoms with E-state index in [1.54, 1.807) is 25.5 Å². The number of aromatic nitrogens is 1. The lowest BCUT2D eigenvalue weighted by molar-refractivity contribution is 0.416. The zero-order valence-electron chi connectivity index (χ0n) is 17.4. The smallest absolute Gasteiger partial charge is 0.205 e. The lowest BCUT2D eigenvalue weighted by Crippen LogP contribution is -2.14. The Kier molecular flexibility index (Phi) is 5.84. The largest absolute Gasteiger partial charge is 0.496 e. The molecule has 2 aromatic carbocycles. The van der Waals surface area contributed by atoms with Crippen LogP contribution in [0.3, 0.4) is 0 Å². The highest BCUT2D eigenvalue weighted by Crippen LogP contribution is 2.30. The van der Waals surface area contributed by atoms with E-state index in [-0.39, 0.29) is 5.41 Å². The van der Waals surface area contributed by atoms with Crippen molar-refractivity contribution in [2.75, 3.05) is 14.2 Å². The van der Waals surface area contributed by atoms with Crippen LogP contribution in [0.1, 0.15) is 38.8 Å². The number of hydrogen-bond acceptors (Lipinski definition) is 4. The molecule has 0 saturated heterocycles. The van der Waals surface area contributed by atoms with Crippen LogP contribution in [-0.2, 0) is 5.41 Å². The van der Waals surface area contributed by atoms with Crippen LogP contribution in [0, 0.1) is 0 Å². The minimum Gasteiger partial charge on any atom is -0.496 e. The fraction of sp³-hybridized carbons (Fsp3) is 0.304. The first kappa shape index (κ1) is 20.1. The molecule has 0 spiro atoms. The molecule has 1 aromatic heterocycles. The Balaban J connectivity index is 2.08. The summed E-state index contributed by atoms with van der Waals surface area (Å²) in [5.74, 6) is 0.819. The average Bonchev–Trinajstić information content (AvgIpc) is 3.09. The molecule has 0 fully saturated rings. The third-order valence-electron chi connectivity index (χ3n) is 4.68. The van der Waals surface area contributed by atoms with E-state index in [1.165, 1.54) is 5.56 Å². The van der Waals surface area contributed by atoms with Gasteiger partial charge in [-0.1, -0.05) is 57.2 Å². The van der Waals surface area contributed by atoms with Gasteiger partial charge in [0.15, 0.2) is 0 Å². The third kappa shape index (κ3) is 4.09. The van der Waals surface area contributed by atoms with Crippen LogP contribution in [0.25, 0.3) is 11.3 Å². The average molecular weight is 394 g/mol. The Morgan fingerprint density at radius 3 is 2.32 bits per heavy atom. The van der Waals surface area contributed by atoms with Gasteiger partial charge < -0.3 is 4.74 Å². The molecule has 0 bridgehead atoms. The Labute approximate surface area is 170 Å². The summed E-state index contributed by atoms with van der Waals surface area (Å²) in [6.45, 7) is 8.69. The molecule has 1 heterocycles. The van der Waals surface area contributed by atoms with Crippen molar-refractivity contribution in [3.8, 4) is 17.0 Å². The second-order valence-corrected chi connectivity index (χ2v) is 8.49. The van der Waals surface area contributed by atoms with Crippen LogP contribution >= 0.6 is 11.3 Å². The number of thiazole rings is 1. The van der Waals surface area contributed by atoms with E-state index >= 15 is 0 Å². The Morgan fingerprint density at radius 2 is 1.71 bits per heavy atom. The third-order valence-corrected chi connectivity index (χ3v) is 5.59. The second kappa shape index (κ2) is 8.15. The number of benzene rings is 2. The first-order chi connectivity index (χ1) is 13.3. The summed E-state index contributed by atoms with van der Waals surface area (Å²) in [6.07, 6.45) is 0. The zero-order chi connectivity index (χ0) is 20.3. The molecule has 0 radical (unpaired) electrons. The summed E-state index contributed by atoms with van der Waals surface area (Å²) in [5.41, 5.74) is 5.44. The number of hydrogen-bond donors (Lipinski definition) is 0. The molecule has 5 heteroatoms. The lowest BCUT2D eigenvalue weighted by Gasteiger charge is -2.19. The van der Waals surface area contributed by atoms with E-state index in [0.29, 0.717) is 0 Å². The molecular formula is C23H27N3OS. The van der Waals surface area contributed by atoms with Gasteiger partial charge in [-0.25, -0.2) is 4.68 Å². The maximum Gasteiger partial charge on any atom is 0.205 e. The number of nitrogens with zero attached hydrogens (tertiary/aromatic N) is 3. The van der Waals surface area contributed by atoms with Crippen LogP contribution in [0.2, 0.25) is 0 Å². The van der Waals surface area contributed by atoms with Crippen molar-refractivity contribution < 1.29 is 4.74 Å². The van der Waals surface area contributed by atoms with Gasteiger partial charge in [0.2, 0.25) is 4.80 Å². The molecule has 0 unspecified atom stereocenters. The van der Waals surface area contributed by atoms with Gasteiger partial charge in [0, 0.05) is 18.0 Å². The van der Waals surface area contributed by atoms with Gasteiger partial charge in [-0.2, -0.15) is 5.10 Å². The van der Waals surface area contributed by atoms with Crippen molar-refractivity contribution in [1.82, 2.24) is 4.68 Å². The minimum atomic E-state index is 0.136. The van der Waals surface area contributed by atoms with Gasteiger partial charge in [0.25, 0.3) is 0 Å². The molecule has 3 rings (SSSR count). The molecule has 0 saturated carbocycles. The van der Waals surface area contributed by atoms with Crippen molar-refractivity contribution in [3.05, 3.63) is 69.8 Å². The van der Waals surface area contributed by atoms with Crippen molar-refractivity contribution >= 4 is 17.0 Å². The molecule has 28 heavy (non-hydrogen) atoms. The van der Waals surface area contributed by atoms with Gasteiger partial charge in [-0.05, 0) is 35.6 Å². The van der Waals surface area contributed by atoms with Crippen LogP contribution in [0.5, 0.6) is 5.75 Å². The SMILES string of the molecule is CN=c1scc(-c2ccccc2OC)n1N=C(C)c1ccc(C(C)(C)C)cc1. The predicted molar refractivity (Wildman–Crippen MR) is 119 cm³/mol. The quantitative estimate of drug-likeness (QED) is 0.553. The summed E-state index contributed by atoms with van der Waals surface area (Å²) in [5, 5.41) is 6.97. The summed E-state index contributed by atoms with van der Waals surface area (Å²) < 4.78 is 7.44. The van der Waals surface area contributed by atoms with Crippen molar-refractivity contribution in [3.63, 3.8) is 0 Å². The normalized spacial score (nSPS) is 13.1. The summed E-state index contributed by atoms with van der Waals surface area (Å²) in [7, 11) is 3.48. The number of para-hydroxylation sites is 1. The van der Waals surface area contributed by atoms with Crippen LogP contribution in [-0.4, -0.2) is 24.5 Å². The van der Waals surface area contributed by atoms with Gasteiger partial charge >= 0.3 is 0 Å². The van der Waals surface area contributed by atoms with Gasteiger partial charge in [-0.3, -0.25) is 4.99 Å². The lowest BCUT2D eigenvalue weighted by atomic mass is 9.86. The highest BCUT2D eigenvalue weighted by atomic mass is 32.1. The molecule has 3 aromatic rings. The molecule has 0 N–H and O–H groups in total. The van der Waals surface area contributed by atoms with E-state index in [4.69, 9.17) is 9.84 Å². The molecule has 0 aliphatic heterocycles. The fourth-order valence-electron chi connectivity index (χ4n) is 3.01. The van der Waals surface area contributed by atoms with E-state index in [0.717, 1.165) is 33.1 Å². The van der Waals surface area contributed by atoms with E-state index < -0.39 is 0 Å². The predicted octanol–water partition coefficient (Wildman–Crippen LogP) is 5.33. The maximum atomic E-state index is 5.54. The van der Waals surface area contributed by atoms with Crippen molar-refractivity contribution in [2.24, 2.45) is 10.1 Å². The van der Waals surface area contributed by atoms with Crippen molar-refractivity contribution in [1.29, 1.82) is 0 Å². The van der Waals surface area contributed by atoms with E-state index in [2.05, 4.69) is 55.4 Å². The molecule has 0 amide bonds. The number of rotatable bonds is 4. The van der Waals surface area contributed by atoms with E-state index in [1.807, 2.05) is 35.9 Å². The monoisotopic (exact) mass is 393 g/mol. The molecule has 4 nitrogen and oxygen atoms in total. The highest BCUT2D eigenvalue weighted by molar-refractivity contribution is 7.07. The summed E-state index contributed by atoms with van der Waals surface area (Å²) >= 11 is 1.57. The van der Waals surface area contributed by atoms with E-state index in [9.17, 15) is 0 Å². The van der Waals surface area contributed by atoms with Crippen LogP contribution < -0.4 is 9.54 Å².